The molecule has 0 radical (unpaired) electrons. The first-order chi connectivity index (χ1) is 13.4. The van der Waals surface area contributed by atoms with Gasteiger partial charge in [-0.15, -0.1) is 0 Å². The van der Waals surface area contributed by atoms with Gasteiger partial charge in [0.25, 0.3) is 5.91 Å². The first kappa shape index (κ1) is 19.9. The Morgan fingerprint density at radius 2 is 1.64 bits per heavy atom. The van der Waals surface area contributed by atoms with Crippen LogP contribution in [0.3, 0.4) is 0 Å². The molecule has 1 aliphatic heterocycles. The molecular formula is C22H25NO5. The van der Waals surface area contributed by atoms with Gasteiger partial charge in [-0.3, -0.25) is 9.59 Å². The van der Waals surface area contributed by atoms with E-state index in [4.69, 9.17) is 9.47 Å². The van der Waals surface area contributed by atoms with Crippen LogP contribution in [0.2, 0.25) is 0 Å². The van der Waals surface area contributed by atoms with Gasteiger partial charge in [0.1, 0.15) is 11.9 Å². The van der Waals surface area contributed by atoms with Crippen molar-refractivity contribution in [1.29, 1.82) is 0 Å². The zero-order chi connectivity index (χ0) is 20.1. The third-order valence-corrected chi connectivity index (χ3v) is 4.99. The van der Waals surface area contributed by atoms with E-state index in [1.807, 2.05) is 0 Å². The lowest BCUT2D eigenvalue weighted by atomic mass is 9.85. The van der Waals surface area contributed by atoms with E-state index >= 15 is 0 Å². The van der Waals surface area contributed by atoms with Crippen molar-refractivity contribution in [3.05, 3.63) is 59.7 Å². The average molecular weight is 383 g/mol. The summed E-state index contributed by atoms with van der Waals surface area (Å²) in [5.74, 6) is -0.390. The van der Waals surface area contributed by atoms with Crippen LogP contribution < -0.4 is 10.1 Å². The summed E-state index contributed by atoms with van der Waals surface area (Å²) in [6, 6.07) is 13.9. The van der Waals surface area contributed by atoms with Gasteiger partial charge in [0.05, 0.1) is 18.6 Å². The van der Waals surface area contributed by atoms with Crippen LogP contribution in [0.4, 0.5) is 5.69 Å². The molecular weight excluding hydrogens is 358 g/mol. The number of ether oxygens (including phenoxy) is 2. The molecule has 0 spiro atoms. The quantitative estimate of drug-likeness (QED) is 0.791. The van der Waals surface area contributed by atoms with Crippen molar-refractivity contribution in [2.24, 2.45) is 0 Å². The molecule has 0 saturated carbocycles. The van der Waals surface area contributed by atoms with Gasteiger partial charge in [0, 0.05) is 24.1 Å². The highest BCUT2D eigenvalue weighted by Gasteiger charge is 2.29. The Hall–Kier alpha value is -2.86. The minimum atomic E-state index is -0.983. The molecule has 3 rings (SSSR count). The summed E-state index contributed by atoms with van der Waals surface area (Å²) in [5, 5.41) is 12.1. The Labute approximate surface area is 164 Å². The van der Waals surface area contributed by atoms with Crippen LogP contribution in [0.5, 0.6) is 5.75 Å². The van der Waals surface area contributed by atoms with E-state index < -0.39 is 11.4 Å². The molecule has 1 fully saturated rings. The second-order valence-corrected chi connectivity index (χ2v) is 7.42. The van der Waals surface area contributed by atoms with Crippen LogP contribution in [-0.2, 0) is 14.9 Å². The molecule has 1 amide bonds. The number of carboxylic acid groups (broad SMARTS) is 1. The second-order valence-electron chi connectivity index (χ2n) is 7.42. The summed E-state index contributed by atoms with van der Waals surface area (Å²) in [6.07, 6.45) is 1.90. The highest BCUT2D eigenvalue weighted by Crippen LogP contribution is 2.25. The number of anilines is 1. The SMILES string of the molecule is CC(C)(C(=O)O)c1ccc(NC(=O)c2ccc(OC3CCOCC3)cc2)cc1. The van der Waals surface area contributed by atoms with Crippen LogP contribution in [0.25, 0.3) is 0 Å². The molecule has 148 valence electrons. The van der Waals surface area contributed by atoms with Crippen molar-refractivity contribution in [3.63, 3.8) is 0 Å². The first-order valence-electron chi connectivity index (χ1n) is 9.36. The minimum absolute atomic E-state index is 0.155. The Kier molecular flexibility index (Phi) is 5.99. The maximum Gasteiger partial charge on any atom is 0.313 e. The monoisotopic (exact) mass is 383 g/mol. The van der Waals surface area contributed by atoms with Crippen molar-refractivity contribution in [2.45, 2.75) is 38.2 Å². The molecule has 0 atom stereocenters. The smallest absolute Gasteiger partial charge is 0.313 e. The van der Waals surface area contributed by atoms with Gasteiger partial charge < -0.3 is 19.9 Å². The van der Waals surface area contributed by atoms with Crippen molar-refractivity contribution < 1.29 is 24.2 Å². The van der Waals surface area contributed by atoms with E-state index in [-0.39, 0.29) is 12.0 Å². The molecule has 2 N–H and O–H groups in total. The number of hydrogen-bond donors (Lipinski definition) is 2. The number of carbonyl (C=O) groups excluding carboxylic acids is 1. The number of nitrogens with one attached hydrogen (secondary N) is 1. The molecule has 28 heavy (non-hydrogen) atoms. The van der Waals surface area contributed by atoms with Gasteiger partial charge in [0.15, 0.2) is 0 Å². The van der Waals surface area contributed by atoms with Crippen molar-refractivity contribution in [1.82, 2.24) is 0 Å². The van der Waals surface area contributed by atoms with E-state index in [9.17, 15) is 14.7 Å². The molecule has 0 aliphatic carbocycles. The van der Waals surface area contributed by atoms with Crippen molar-refractivity contribution >= 4 is 17.6 Å². The molecule has 0 unspecified atom stereocenters. The second kappa shape index (κ2) is 8.44. The minimum Gasteiger partial charge on any atom is -0.490 e. The number of carboxylic acids is 1. The van der Waals surface area contributed by atoms with Gasteiger partial charge in [-0.2, -0.15) is 0 Å². The van der Waals surface area contributed by atoms with Crippen LogP contribution in [0.1, 0.15) is 42.6 Å². The summed E-state index contributed by atoms with van der Waals surface area (Å²) < 4.78 is 11.2. The highest BCUT2D eigenvalue weighted by molar-refractivity contribution is 6.04. The van der Waals surface area contributed by atoms with E-state index in [1.54, 1.807) is 62.4 Å². The molecule has 2 aromatic rings. The van der Waals surface area contributed by atoms with Gasteiger partial charge in [0.2, 0.25) is 0 Å². The molecule has 6 heteroatoms. The van der Waals surface area contributed by atoms with Crippen LogP contribution in [0.15, 0.2) is 48.5 Å². The van der Waals surface area contributed by atoms with Crippen LogP contribution >= 0.6 is 0 Å². The largest absolute Gasteiger partial charge is 0.490 e. The average Bonchev–Trinajstić information content (AvgIpc) is 2.69. The highest BCUT2D eigenvalue weighted by atomic mass is 16.5. The van der Waals surface area contributed by atoms with Gasteiger partial charge in [-0.25, -0.2) is 0 Å². The Morgan fingerprint density at radius 3 is 2.21 bits per heavy atom. The third kappa shape index (κ3) is 4.70. The number of hydrogen-bond acceptors (Lipinski definition) is 4. The summed E-state index contributed by atoms with van der Waals surface area (Å²) in [6.45, 7) is 4.72. The predicted octanol–water partition coefficient (Wildman–Crippen LogP) is 3.86. The molecule has 6 nitrogen and oxygen atoms in total. The Bertz CT molecular complexity index is 821. The fourth-order valence-corrected chi connectivity index (χ4v) is 2.97. The molecule has 2 aromatic carbocycles. The van der Waals surface area contributed by atoms with Gasteiger partial charge in [-0.05, 0) is 55.8 Å². The summed E-state index contributed by atoms with van der Waals surface area (Å²) >= 11 is 0. The molecule has 1 aliphatic rings. The third-order valence-electron chi connectivity index (χ3n) is 4.99. The zero-order valence-electron chi connectivity index (χ0n) is 16.1. The number of carbonyl (C=O) groups is 2. The number of benzene rings is 2. The maximum atomic E-state index is 12.4. The Morgan fingerprint density at radius 1 is 1.04 bits per heavy atom. The van der Waals surface area contributed by atoms with Crippen LogP contribution in [-0.4, -0.2) is 36.3 Å². The summed E-state index contributed by atoms with van der Waals surface area (Å²) in [4.78, 5) is 23.8. The van der Waals surface area contributed by atoms with Crippen molar-refractivity contribution in [3.8, 4) is 5.75 Å². The first-order valence-corrected chi connectivity index (χ1v) is 9.36. The topological polar surface area (TPSA) is 84.9 Å². The predicted molar refractivity (Wildman–Crippen MR) is 106 cm³/mol. The fraction of sp³-hybridized carbons (Fsp3) is 0.364. The number of aliphatic carboxylic acids is 1. The van der Waals surface area contributed by atoms with Crippen molar-refractivity contribution in [2.75, 3.05) is 18.5 Å². The zero-order valence-corrected chi connectivity index (χ0v) is 16.1. The molecule has 1 saturated heterocycles. The molecule has 0 aromatic heterocycles. The Balaban J connectivity index is 1.60. The molecule has 1 heterocycles. The molecule has 0 bridgehead atoms. The van der Waals surface area contributed by atoms with E-state index in [1.165, 1.54) is 0 Å². The fourth-order valence-electron chi connectivity index (χ4n) is 2.97. The van der Waals surface area contributed by atoms with E-state index in [0.29, 0.717) is 30.0 Å². The van der Waals surface area contributed by atoms with E-state index in [0.717, 1.165) is 18.6 Å². The normalized spacial score (nSPS) is 15.1. The van der Waals surface area contributed by atoms with Crippen LogP contribution in [0, 0.1) is 0 Å². The standard InChI is InChI=1S/C22H25NO5/c1-22(2,21(25)26)16-5-7-17(8-6-16)23-20(24)15-3-9-18(10-4-15)28-19-11-13-27-14-12-19/h3-10,19H,11-14H2,1-2H3,(H,23,24)(H,25,26). The number of amides is 1. The lowest BCUT2D eigenvalue weighted by Gasteiger charge is -2.23. The number of rotatable bonds is 6. The lowest BCUT2D eigenvalue weighted by molar-refractivity contribution is -0.142. The van der Waals surface area contributed by atoms with E-state index in [2.05, 4.69) is 5.32 Å². The summed E-state index contributed by atoms with van der Waals surface area (Å²) in [5.41, 5.74) is 0.822. The van der Waals surface area contributed by atoms with Gasteiger partial charge >= 0.3 is 5.97 Å². The maximum absolute atomic E-state index is 12.4. The van der Waals surface area contributed by atoms with Gasteiger partial charge in [-0.1, -0.05) is 12.1 Å². The summed E-state index contributed by atoms with van der Waals surface area (Å²) in [7, 11) is 0. The lowest BCUT2D eigenvalue weighted by Crippen LogP contribution is -2.28.